The lowest BCUT2D eigenvalue weighted by Gasteiger charge is -2.18. The standard InChI is InChI=1S/C13H19NO3/c1-4-11(13(14)16)17-12-7-8(2)5-6-10(12)9(3)15/h5-7,9,11,15H,4H2,1-3H3,(H2,14,16)/t9-,11?/m1/s1. The van der Waals surface area contributed by atoms with Crippen LogP contribution in [0.3, 0.4) is 0 Å². The zero-order chi connectivity index (χ0) is 13.0. The highest BCUT2D eigenvalue weighted by Gasteiger charge is 2.18. The smallest absolute Gasteiger partial charge is 0.258 e. The van der Waals surface area contributed by atoms with Crippen molar-refractivity contribution in [2.45, 2.75) is 39.4 Å². The highest BCUT2D eigenvalue weighted by Crippen LogP contribution is 2.27. The van der Waals surface area contributed by atoms with Gasteiger partial charge in [-0.15, -0.1) is 0 Å². The highest BCUT2D eigenvalue weighted by atomic mass is 16.5. The Morgan fingerprint density at radius 1 is 1.53 bits per heavy atom. The lowest BCUT2D eigenvalue weighted by molar-refractivity contribution is -0.124. The third kappa shape index (κ3) is 3.46. The summed E-state index contributed by atoms with van der Waals surface area (Å²) in [6.45, 7) is 5.40. The van der Waals surface area contributed by atoms with E-state index in [4.69, 9.17) is 10.5 Å². The van der Waals surface area contributed by atoms with E-state index >= 15 is 0 Å². The minimum atomic E-state index is -0.658. The van der Waals surface area contributed by atoms with E-state index in [1.54, 1.807) is 19.1 Å². The molecular weight excluding hydrogens is 218 g/mol. The van der Waals surface area contributed by atoms with E-state index in [1.807, 2.05) is 19.9 Å². The van der Waals surface area contributed by atoms with Gasteiger partial charge in [0.15, 0.2) is 6.10 Å². The summed E-state index contributed by atoms with van der Waals surface area (Å²) in [6, 6.07) is 5.48. The fraction of sp³-hybridized carbons (Fsp3) is 0.462. The van der Waals surface area contributed by atoms with Gasteiger partial charge in [-0.25, -0.2) is 0 Å². The van der Waals surface area contributed by atoms with Crippen molar-refractivity contribution in [1.82, 2.24) is 0 Å². The molecule has 0 saturated carbocycles. The lowest BCUT2D eigenvalue weighted by Crippen LogP contribution is -2.33. The number of aryl methyl sites for hydroxylation is 1. The molecule has 1 rings (SSSR count). The summed E-state index contributed by atoms with van der Waals surface area (Å²) >= 11 is 0. The first-order valence-corrected chi connectivity index (χ1v) is 5.70. The van der Waals surface area contributed by atoms with Gasteiger partial charge in [0.2, 0.25) is 0 Å². The first-order chi connectivity index (χ1) is 7.95. The molecule has 1 amide bonds. The van der Waals surface area contributed by atoms with Crippen LogP contribution in [0.4, 0.5) is 0 Å². The molecule has 0 spiro atoms. The maximum Gasteiger partial charge on any atom is 0.258 e. The number of ether oxygens (including phenoxy) is 1. The number of hydrogen-bond acceptors (Lipinski definition) is 3. The molecule has 94 valence electrons. The Kier molecular flexibility index (Phi) is 4.52. The average molecular weight is 237 g/mol. The number of nitrogens with two attached hydrogens (primary N) is 1. The molecule has 3 N–H and O–H groups in total. The predicted octanol–water partition coefficient (Wildman–Crippen LogP) is 1.69. The van der Waals surface area contributed by atoms with Gasteiger partial charge in [0.1, 0.15) is 5.75 Å². The first kappa shape index (κ1) is 13.5. The number of carbonyl (C=O) groups is 1. The molecule has 0 heterocycles. The molecule has 17 heavy (non-hydrogen) atoms. The van der Waals surface area contributed by atoms with Crippen molar-refractivity contribution in [1.29, 1.82) is 0 Å². The summed E-state index contributed by atoms with van der Waals surface area (Å²) in [4.78, 5) is 11.1. The number of hydrogen-bond donors (Lipinski definition) is 2. The molecule has 0 fully saturated rings. The summed E-state index contributed by atoms with van der Waals surface area (Å²) in [6.07, 6.45) is -0.798. The number of aliphatic hydroxyl groups excluding tert-OH is 1. The molecule has 0 radical (unpaired) electrons. The number of primary amides is 1. The fourth-order valence-electron chi connectivity index (χ4n) is 1.58. The Hall–Kier alpha value is -1.55. The molecule has 0 bridgehead atoms. The van der Waals surface area contributed by atoms with Gasteiger partial charge in [0.25, 0.3) is 5.91 Å². The molecule has 0 saturated heterocycles. The van der Waals surface area contributed by atoms with E-state index < -0.39 is 18.1 Å². The maximum atomic E-state index is 11.1. The number of rotatable bonds is 5. The van der Waals surface area contributed by atoms with Gasteiger partial charge in [-0.1, -0.05) is 19.1 Å². The SMILES string of the molecule is CCC(Oc1cc(C)ccc1[C@@H](C)O)C(N)=O. The molecule has 0 aromatic heterocycles. The van der Waals surface area contributed by atoms with Gasteiger partial charge < -0.3 is 15.6 Å². The summed E-state index contributed by atoms with van der Waals surface area (Å²) in [5, 5.41) is 9.62. The molecule has 2 atom stereocenters. The Balaban J connectivity index is 3.02. The first-order valence-electron chi connectivity index (χ1n) is 5.70. The third-order valence-electron chi connectivity index (χ3n) is 2.58. The zero-order valence-corrected chi connectivity index (χ0v) is 10.4. The number of benzene rings is 1. The van der Waals surface area contributed by atoms with Crippen LogP contribution in [0.1, 0.15) is 37.5 Å². The summed E-state index contributed by atoms with van der Waals surface area (Å²) in [5.74, 6) is 0.0243. The largest absolute Gasteiger partial charge is 0.480 e. The fourth-order valence-corrected chi connectivity index (χ4v) is 1.58. The van der Waals surface area contributed by atoms with Crippen molar-refractivity contribution in [2.75, 3.05) is 0 Å². The van der Waals surface area contributed by atoms with Crippen molar-refractivity contribution < 1.29 is 14.6 Å². The second kappa shape index (κ2) is 5.68. The van der Waals surface area contributed by atoms with Crippen LogP contribution in [0.15, 0.2) is 18.2 Å². The van der Waals surface area contributed by atoms with Gasteiger partial charge in [0, 0.05) is 5.56 Å². The van der Waals surface area contributed by atoms with Crippen LogP contribution in [0.5, 0.6) is 5.75 Å². The van der Waals surface area contributed by atoms with Gasteiger partial charge in [-0.3, -0.25) is 4.79 Å². The zero-order valence-electron chi connectivity index (χ0n) is 10.4. The monoisotopic (exact) mass is 237 g/mol. The van der Waals surface area contributed by atoms with Crippen LogP contribution >= 0.6 is 0 Å². The second-order valence-electron chi connectivity index (χ2n) is 4.13. The Bertz CT molecular complexity index is 402. The second-order valence-corrected chi connectivity index (χ2v) is 4.13. The normalized spacial score (nSPS) is 14.1. The van der Waals surface area contributed by atoms with E-state index in [0.29, 0.717) is 17.7 Å². The molecule has 0 aliphatic heterocycles. The van der Waals surface area contributed by atoms with Gasteiger partial charge >= 0.3 is 0 Å². The van der Waals surface area contributed by atoms with E-state index in [9.17, 15) is 9.90 Å². The van der Waals surface area contributed by atoms with E-state index in [1.165, 1.54) is 0 Å². The van der Waals surface area contributed by atoms with Crippen molar-refractivity contribution in [3.05, 3.63) is 29.3 Å². The Morgan fingerprint density at radius 2 is 2.18 bits per heavy atom. The van der Waals surface area contributed by atoms with E-state index in [-0.39, 0.29) is 0 Å². The minimum absolute atomic E-state index is 0.495. The van der Waals surface area contributed by atoms with Crippen molar-refractivity contribution >= 4 is 5.91 Å². The quantitative estimate of drug-likeness (QED) is 0.818. The minimum Gasteiger partial charge on any atom is -0.480 e. The molecule has 4 heteroatoms. The molecule has 1 unspecified atom stereocenters. The average Bonchev–Trinajstić information content (AvgIpc) is 2.25. The van der Waals surface area contributed by atoms with Crippen LogP contribution in [0.25, 0.3) is 0 Å². The highest BCUT2D eigenvalue weighted by molar-refractivity contribution is 5.79. The van der Waals surface area contributed by atoms with E-state index in [2.05, 4.69) is 0 Å². The van der Waals surface area contributed by atoms with Crippen LogP contribution in [-0.2, 0) is 4.79 Å². The van der Waals surface area contributed by atoms with Crippen LogP contribution in [0.2, 0.25) is 0 Å². The number of carbonyl (C=O) groups excluding carboxylic acids is 1. The molecule has 0 aliphatic carbocycles. The lowest BCUT2D eigenvalue weighted by atomic mass is 10.1. The van der Waals surface area contributed by atoms with Crippen molar-refractivity contribution in [3.8, 4) is 5.75 Å². The van der Waals surface area contributed by atoms with Crippen LogP contribution < -0.4 is 10.5 Å². The van der Waals surface area contributed by atoms with Crippen molar-refractivity contribution in [3.63, 3.8) is 0 Å². The van der Waals surface area contributed by atoms with Gasteiger partial charge in [-0.05, 0) is 31.9 Å². The molecule has 1 aromatic carbocycles. The molecule has 4 nitrogen and oxygen atoms in total. The maximum absolute atomic E-state index is 11.1. The van der Waals surface area contributed by atoms with Crippen molar-refractivity contribution in [2.24, 2.45) is 5.73 Å². The van der Waals surface area contributed by atoms with E-state index in [0.717, 1.165) is 5.56 Å². The van der Waals surface area contributed by atoms with Gasteiger partial charge in [0.05, 0.1) is 6.10 Å². The summed E-state index contributed by atoms with van der Waals surface area (Å²) < 4.78 is 5.56. The number of amides is 1. The summed E-state index contributed by atoms with van der Waals surface area (Å²) in [7, 11) is 0. The predicted molar refractivity (Wildman–Crippen MR) is 65.7 cm³/mol. The Labute approximate surface area is 101 Å². The summed E-state index contributed by atoms with van der Waals surface area (Å²) in [5.41, 5.74) is 6.90. The molecule has 1 aromatic rings. The van der Waals surface area contributed by atoms with Crippen LogP contribution in [0, 0.1) is 6.92 Å². The third-order valence-corrected chi connectivity index (χ3v) is 2.58. The number of aliphatic hydroxyl groups is 1. The Morgan fingerprint density at radius 3 is 2.65 bits per heavy atom. The molecule has 0 aliphatic rings. The topological polar surface area (TPSA) is 72.6 Å². The van der Waals surface area contributed by atoms with Crippen LogP contribution in [-0.4, -0.2) is 17.1 Å². The van der Waals surface area contributed by atoms with Gasteiger partial charge in [-0.2, -0.15) is 0 Å². The molecular formula is C13H19NO3.